The van der Waals surface area contributed by atoms with Gasteiger partial charge in [-0.1, -0.05) is 0 Å². The summed E-state index contributed by atoms with van der Waals surface area (Å²) in [7, 11) is 5.29. The molecule has 4 heteroatoms. The summed E-state index contributed by atoms with van der Waals surface area (Å²) >= 11 is 0. The summed E-state index contributed by atoms with van der Waals surface area (Å²) < 4.78 is 5.07. The summed E-state index contributed by atoms with van der Waals surface area (Å²) in [6, 6.07) is 0. The topological polar surface area (TPSA) is 32.8 Å². The van der Waals surface area contributed by atoms with Gasteiger partial charge in [0.25, 0.3) is 0 Å². The third-order valence-corrected chi connectivity index (χ3v) is 1.99. The van der Waals surface area contributed by atoms with E-state index in [-0.39, 0.29) is 11.9 Å². The maximum absolute atomic E-state index is 11.2. The predicted molar refractivity (Wildman–Crippen MR) is 45.1 cm³/mol. The van der Waals surface area contributed by atoms with E-state index in [0.29, 0.717) is 0 Å². The van der Waals surface area contributed by atoms with Crippen LogP contribution in [0.15, 0.2) is 12.1 Å². The summed E-state index contributed by atoms with van der Waals surface area (Å²) in [4.78, 5) is 14.8. The van der Waals surface area contributed by atoms with Crippen molar-refractivity contribution in [3.05, 3.63) is 12.1 Å². The van der Waals surface area contributed by atoms with Crippen LogP contribution in [-0.2, 0) is 9.53 Å². The lowest BCUT2D eigenvalue weighted by atomic mass is 10.3. The van der Waals surface area contributed by atoms with Gasteiger partial charge in [0.15, 0.2) is 11.9 Å². The number of ketones is 1. The Morgan fingerprint density at radius 3 is 2.42 bits per heavy atom. The highest BCUT2D eigenvalue weighted by Gasteiger charge is 2.30. The fraction of sp³-hybridized carbons (Fsp3) is 0.625. The zero-order valence-electron chi connectivity index (χ0n) is 7.87. The molecule has 1 aliphatic rings. The maximum atomic E-state index is 11.2. The molecule has 0 aromatic carbocycles. The van der Waals surface area contributed by atoms with Crippen molar-refractivity contribution >= 4 is 5.78 Å². The first-order valence-corrected chi connectivity index (χ1v) is 3.79. The minimum absolute atomic E-state index is 0.114. The molecule has 0 aliphatic carbocycles. The lowest BCUT2D eigenvalue weighted by Crippen LogP contribution is -2.41. The molecule has 68 valence electrons. The van der Waals surface area contributed by atoms with Gasteiger partial charge in [-0.3, -0.25) is 4.79 Å². The molecule has 0 bridgehead atoms. The van der Waals surface area contributed by atoms with E-state index in [9.17, 15) is 4.79 Å². The third kappa shape index (κ3) is 1.24. The van der Waals surface area contributed by atoms with Crippen LogP contribution in [0.25, 0.3) is 0 Å². The summed E-state index contributed by atoms with van der Waals surface area (Å²) in [5.41, 5.74) is 0. The molecule has 1 aliphatic heterocycles. The lowest BCUT2D eigenvalue weighted by Gasteiger charge is -2.25. The van der Waals surface area contributed by atoms with Gasteiger partial charge >= 0.3 is 0 Å². The van der Waals surface area contributed by atoms with E-state index in [4.69, 9.17) is 4.74 Å². The normalized spacial score (nSPS) is 22.7. The van der Waals surface area contributed by atoms with Crippen LogP contribution in [0.1, 0.15) is 6.92 Å². The standard InChI is InChI=1S/C8H14N2O2/c1-6(11)8-9(2)5-7(12-4)10(8)3/h5,8H,1-4H3. The molecule has 0 aromatic rings. The molecule has 0 amide bonds. The summed E-state index contributed by atoms with van der Waals surface area (Å²) in [6.45, 7) is 1.57. The van der Waals surface area contributed by atoms with E-state index in [0.717, 1.165) is 5.88 Å². The number of Topliss-reactive ketones (excluding diaryl/α,β-unsaturated/α-hetero) is 1. The van der Waals surface area contributed by atoms with Gasteiger partial charge in [-0.15, -0.1) is 0 Å². The van der Waals surface area contributed by atoms with Gasteiger partial charge in [-0.25, -0.2) is 0 Å². The molecule has 0 N–H and O–H groups in total. The largest absolute Gasteiger partial charge is 0.481 e. The first-order chi connectivity index (χ1) is 5.57. The summed E-state index contributed by atoms with van der Waals surface area (Å²) in [6.07, 6.45) is 1.60. The zero-order chi connectivity index (χ0) is 9.30. The number of methoxy groups -OCH3 is 1. The Balaban J connectivity index is 2.79. The molecule has 0 spiro atoms. The zero-order valence-corrected chi connectivity index (χ0v) is 7.87. The van der Waals surface area contributed by atoms with E-state index in [1.165, 1.54) is 0 Å². The number of likely N-dealkylation sites (N-methyl/N-ethyl adjacent to an activating group) is 2. The molecule has 1 atom stereocenters. The first kappa shape index (κ1) is 8.90. The summed E-state index contributed by atoms with van der Waals surface area (Å²) in [5.74, 6) is 0.834. The van der Waals surface area contributed by atoms with Crippen molar-refractivity contribution < 1.29 is 9.53 Å². The van der Waals surface area contributed by atoms with Crippen LogP contribution in [0.5, 0.6) is 0 Å². The Morgan fingerprint density at radius 1 is 1.58 bits per heavy atom. The fourth-order valence-corrected chi connectivity index (χ4v) is 1.49. The lowest BCUT2D eigenvalue weighted by molar-refractivity contribution is -0.124. The third-order valence-electron chi connectivity index (χ3n) is 1.99. The van der Waals surface area contributed by atoms with Gasteiger partial charge in [-0.05, 0) is 6.92 Å². The van der Waals surface area contributed by atoms with Crippen molar-refractivity contribution in [2.45, 2.75) is 13.1 Å². The monoisotopic (exact) mass is 170 g/mol. The van der Waals surface area contributed by atoms with Crippen molar-refractivity contribution in [3.63, 3.8) is 0 Å². The van der Waals surface area contributed by atoms with Crippen LogP contribution >= 0.6 is 0 Å². The van der Waals surface area contributed by atoms with Gasteiger partial charge in [0.05, 0.1) is 13.3 Å². The Bertz CT molecular complexity index is 225. The number of carbonyl (C=O) groups excluding carboxylic acids is 1. The van der Waals surface area contributed by atoms with Crippen molar-refractivity contribution in [2.24, 2.45) is 0 Å². The Hall–Kier alpha value is -1.19. The molecule has 1 unspecified atom stereocenters. The molecule has 0 aromatic heterocycles. The number of hydrogen-bond acceptors (Lipinski definition) is 4. The van der Waals surface area contributed by atoms with Crippen LogP contribution in [0.3, 0.4) is 0 Å². The second-order valence-corrected chi connectivity index (χ2v) is 2.93. The highest BCUT2D eigenvalue weighted by atomic mass is 16.5. The van der Waals surface area contributed by atoms with E-state index >= 15 is 0 Å². The SMILES string of the molecule is COC1=CN(C)C(C(C)=O)N1C. The Kier molecular flexibility index (Phi) is 2.26. The average molecular weight is 170 g/mol. The van der Waals surface area contributed by atoms with Crippen molar-refractivity contribution in [2.75, 3.05) is 21.2 Å². The first-order valence-electron chi connectivity index (χ1n) is 3.79. The molecule has 1 heterocycles. The maximum Gasteiger partial charge on any atom is 0.207 e. The highest BCUT2D eigenvalue weighted by Crippen LogP contribution is 2.19. The van der Waals surface area contributed by atoms with E-state index in [1.807, 2.05) is 30.1 Å². The van der Waals surface area contributed by atoms with Crippen LogP contribution in [0, 0.1) is 0 Å². The molecular weight excluding hydrogens is 156 g/mol. The predicted octanol–water partition coefficient (Wildman–Crippen LogP) is 0.224. The Morgan fingerprint density at radius 2 is 2.17 bits per heavy atom. The molecule has 0 saturated carbocycles. The van der Waals surface area contributed by atoms with Gasteiger partial charge in [0, 0.05) is 14.1 Å². The van der Waals surface area contributed by atoms with Crippen LogP contribution in [-0.4, -0.2) is 43.0 Å². The van der Waals surface area contributed by atoms with E-state index < -0.39 is 0 Å². The van der Waals surface area contributed by atoms with Crippen LogP contribution in [0.4, 0.5) is 0 Å². The van der Waals surface area contributed by atoms with E-state index in [1.54, 1.807) is 14.0 Å². The van der Waals surface area contributed by atoms with Crippen molar-refractivity contribution in [3.8, 4) is 0 Å². The van der Waals surface area contributed by atoms with Crippen LogP contribution < -0.4 is 0 Å². The van der Waals surface area contributed by atoms with Gasteiger partial charge in [-0.2, -0.15) is 0 Å². The smallest absolute Gasteiger partial charge is 0.207 e. The quantitative estimate of drug-likeness (QED) is 0.593. The average Bonchev–Trinajstić information content (AvgIpc) is 2.25. The molecule has 12 heavy (non-hydrogen) atoms. The van der Waals surface area contributed by atoms with Gasteiger partial charge in [0.2, 0.25) is 5.88 Å². The fourth-order valence-electron chi connectivity index (χ4n) is 1.49. The second kappa shape index (κ2) is 3.05. The molecular formula is C8H14N2O2. The number of ether oxygens (including phenoxy) is 1. The van der Waals surface area contributed by atoms with E-state index in [2.05, 4.69) is 0 Å². The summed E-state index contributed by atoms with van der Waals surface area (Å²) in [5, 5.41) is 0. The minimum atomic E-state index is -0.208. The molecule has 4 nitrogen and oxygen atoms in total. The van der Waals surface area contributed by atoms with Gasteiger partial charge < -0.3 is 14.5 Å². The Labute approximate surface area is 72.4 Å². The number of carbonyl (C=O) groups is 1. The number of hydrogen-bond donors (Lipinski definition) is 0. The van der Waals surface area contributed by atoms with Crippen LogP contribution in [0.2, 0.25) is 0 Å². The molecule has 1 rings (SSSR count). The minimum Gasteiger partial charge on any atom is -0.481 e. The molecule has 0 saturated heterocycles. The molecule has 0 radical (unpaired) electrons. The molecule has 0 fully saturated rings. The van der Waals surface area contributed by atoms with Crippen molar-refractivity contribution in [1.82, 2.24) is 9.80 Å². The highest BCUT2D eigenvalue weighted by molar-refractivity contribution is 5.81. The number of nitrogens with zero attached hydrogens (tertiary/aromatic N) is 2. The van der Waals surface area contributed by atoms with Gasteiger partial charge in [0.1, 0.15) is 0 Å². The van der Waals surface area contributed by atoms with Crippen molar-refractivity contribution in [1.29, 1.82) is 0 Å². The second-order valence-electron chi connectivity index (χ2n) is 2.93. The number of rotatable bonds is 2.